The molecule has 0 spiro atoms. The molecule has 1 aliphatic rings. The zero-order valence-corrected chi connectivity index (χ0v) is 13.4. The van der Waals surface area contributed by atoms with Crippen molar-refractivity contribution >= 4 is 15.9 Å². The molecule has 5 nitrogen and oxygen atoms in total. The Hall–Kier alpha value is -1.47. The van der Waals surface area contributed by atoms with Gasteiger partial charge < -0.3 is 4.90 Å². The van der Waals surface area contributed by atoms with Crippen molar-refractivity contribution < 1.29 is 17.6 Å². The molecule has 122 valence electrons. The molecule has 0 bridgehead atoms. The zero-order chi connectivity index (χ0) is 16.2. The average Bonchev–Trinajstić information content (AvgIpc) is 2.47. The molecule has 0 aromatic heterocycles. The fourth-order valence-corrected chi connectivity index (χ4v) is 3.43. The first-order chi connectivity index (χ1) is 10.4. The van der Waals surface area contributed by atoms with E-state index in [2.05, 4.69) is 4.72 Å². The highest BCUT2D eigenvalue weighted by molar-refractivity contribution is 7.89. The average molecular weight is 328 g/mol. The van der Waals surface area contributed by atoms with E-state index in [0.717, 1.165) is 0 Å². The Balaban J connectivity index is 1.85. The lowest BCUT2D eigenvalue weighted by molar-refractivity contribution is -0.131. The van der Waals surface area contributed by atoms with E-state index in [1.54, 1.807) is 24.0 Å². The minimum Gasteiger partial charge on any atom is -0.342 e. The summed E-state index contributed by atoms with van der Waals surface area (Å²) in [5, 5.41) is 0. The number of carbonyl (C=O) groups excluding carboxylic acids is 1. The van der Waals surface area contributed by atoms with Gasteiger partial charge in [-0.05, 0) is 37.5 Å². The van der Waals surface area contributed by atoms with Crippen LogP contribution in [0.2, 0.25) is 0 Å². The van der Waals surface area contributed by atoms with Gasteiger partial charge in [0.15, 0.2) is 0 Å². The van der Waals surface area contributed by atoms with Gasteiger partial charge in [0, 0.05) is 19.1 Å². The van der Waals surface area contributed by atoms with E-state index >= 15 is 0 Å². The third-order valence-electron chi connectivity index (χ3n) is 3.82. The number of piperidine rings is 1. The predicted molar refractivity (Wildman–Crippen MR) is 82.3 cm³/mol. The van der Waals surface area contributed by atoms with E-state index in [1.165, 1.54) is 12.1 Å². The molecule has 1 fully saturated rings. The first kappa shape index (κ1) is 16.9. The van der Waals surface area contributed by atoms with E-state index in [0.29, 0.717) is 31.5 Å². The lowest BCUT2D eigenvalue weighted by atomic mass is 10.0. The number of amides is 1. The minimum atomic E-state index is -3.21. The number of hydrogen-bond acceptors (Lipinski definition) is 3. The number of rotatable bonds is 5. The van der Waals surface area contributed by atoms with E-state index in [-0.39, 0.29) is 29.9 Å². The maximum absolute atomic E-state index is 13.1. The second-order valence-electron chi connectivity index (χ2n) is 5.48. The normalized spacial score (nSPS) is 16.7. The van der Waals surface area contributed by atoms with Crippen molar-refractivity contribution in [2.24, 2.45) is 0 Å². The number of carbonyl (C=O) groups is 1. The van der Waals surface area contributed by atoms with Gasteiger partial charge in [-0.15, -0.1) is 0 Å². The number of sulfonamides is 1. The molecule has 0 saturated carbocycles. The van der Waals surface area contributed by atoms with Crippen molar-refractivity contribution in [2.75, 3.05) is 18.8 Å². The van der Waals surface area contributed by atoms with Crippen LogP contribution in [0.15, 0.2) is 24.3 Å². The van der Waals surface area contributed by atoms with Crippen LogP contribution < -0.4 is 4.72 Å². The maximum atomic E-state index is 13.1. The summed E-state index contributed by atoms with van der Waals surface area (Å²) in [4.78, 5) is 13.9. The second-order valence-corrected chi connectivity index (χ2v) is 7.53. The molecular formula is C15H21FN2O3S. The van der Waals surface area contributed by atoms with Gasteiger partial charge in [0.2, 0.25) is 15.9 Å². The van der Waals surface area contributed by atoms with Crippen LogP contribution in [0.3, 0.4) is 0 Å². The summed E-state index contributed by atoms with van der Waals surface area (Å²) in [7, 11) is -3.21. The summed E-state index contributed by atoms with van der Waals surface area (Å²) < 4.78 is 38.8. The minimum absolute atomic E-state index is 0.0533. The number of nitrogens with one attached hydrogen (secondary N) is 1. The van der Waals surface area contributed by atoms with Crippen LogP contribution in [-0.4, -0.2) is 44.1 Å². The Morgan fingerprint density at radius 1 is 1.36 bits per heavy atom. The zero-order valence-electron chi connectivity index (χ0n) is 12.6. The van der Waals surface area contributed by atoms with Crippen molar-refractivity contribution in [1.82, 2.24) is 9.62 Å². The summed E-state index contributed by atoms with van der Waals surface area (Å²) in [5.74, 6) is -0.341. The first-order valence-corrected chi connectivity index (χ1v) is 9.07. The van der Waals surface area contributed by atoms with E-state index in [1.807, 2.05) is 0 Å². The maximum Gasteiger partial charge on any atom is 0.226 e. The summed E-state index contributed by atoms with van der Waals surface area (Å²) in [5.41, 5.74) is 0.652. The molecule has 22 heavy (non-hydrogen) atoms. The van der Waals surface area contributed by atoms with Gasteiger partial charge in [-0.2, -0.15) is 0 Å². The first-order valence-electron chi connectivity index (χ1n) is 7.42. The van der Waals surface area contributed by atoms with Crippen molar-refractivity contribution in [2.45, 2.75) is 32.2 Å². The summed E-state index contributed by atoms with van der Waals surface area (Å²) in [6, 6.07) is 5.91. The molecule has 1 N–H and O–H groups in total. The lowest BCUT2D eigenvalue weighted by Gasteiger charge is -2.32. The van der Waals surface area contributed by atoms with Gasteiger partial charge in [0.05, 0.1) is 12.2 Å². The van der Waals surface area contributed by atoms with Crippen LogP contribution in [0, 0.1) is 5.82 Å². The standard InChI is InChI=1S/C15H21FN2O3S/c1-2-22(20,21)17-14-6-8-18(9-7-14)15(19)11-12-4-3-5-13(16)10-12/h3-5,10,14,17H,2,6-9,11H2,1H3. The van der Waals surface area contributed by atoms with E-state index < -0.39 is 10.0 Å². The quantitative estimate of drug-likeness (QED) is 0.886. The third-order valence-corrected chi connectivity index (χ3v) is 5.27. The molecule has 0 unspecified atom stereocenters. The molecular weight excluding hydrogens is 307 g/mol. The fraction of sp³-hybridized carbons (Fsp3) is 0.533. The Labute approximate surface area is 130 Å². The molecule has 2 rings (SSSR count). The van der Waals surface area contributed by atoms with Gasteiger partial charge in [-0.3, -0.25) is 4.79 Å². The Morgan fingerprint density at radius 2 is 2.05 bits per heavy atom. The molecule has 7 heteroatoms. The number of hydrogen-bond donors (Lipinski definition) is 1. The van der Waals surface area contributed by atoms with Crippen LogP contribution in [0.4, 0.5) is 4.39 Å². The molecule has 1 aromatic rings. The predicted octanol–water partition coefficient (Wildman–Crippen LogP) is 1.30. The molecule has 1 aliphatic heterocycles. The Kier molecular flexibility index (Phi) is 5.52. The highest BCUT2D eigenvalue weighted by atomic mass is 32.2. The molecule has 0 atom stereocenters. The van der Waals surface area contributed by atoms with E-state index in [4.69, 9.17) is 0 Å². The topological polar surface area (TPSA) is 66.5 Å². The second kappa shape index (κ2) is 7.19. The third kappa shape index (κ3) is 4.78. The Morgan fingerprint density at radius 3 is 2.64 bits per heavy atom. The summed E-state index contributed by atoms with van der Waals surface area (Å²) in [6.07, 6.45) is 1.38. The van der Waals surface area contributed by atoms with Gasteiger partial charge >= 0.3 is 0 Å². The van der Waals surface area contributed by atoms with Crippen molar-refractivity contribution in [3.8, 4) is 0 Å². The molecule has 1 aromatic carbocycles. The number of likely N-dealkylation sites (tertiary alicyclic amines) is 1. The van der Waals surface area contributed by atoms with Crippen molar-refractivity contribution in [1.29, 1.82) is 0 Å². The number of halogens is 1. The van der Waals surface area contributed by atoms with Crippen LogP contribution in [-0.2, 0) is 21.2 Å². The SMILES string of the molecule is CCS(=O)(=O)NC1CCN(C(=O)Cc2cccc(F)c2)CC1. The van der Waals surface area contributed by atoms with Crippen LogP contribution in [0.25, 0.3) is 0 Å². The van der Waals surface area contributed by atoms with Crippen LogP contribution in [0.5, 0.6) is 0 Å². The number of benzene rings is 1. The monoisotopic (exact) mass is 328 g/mol. The largest absolute Gasteiger partial charge is 0.342 e. The molecule has 1 heterocycles. The van der Waals surface area contributed by atoms with Crippen LogP contribution in [0.1, 0.15) is 25.3 Å². The van der Waals surface area contributed by atoms with Crippen molar-refractivity contribution in [3.63, 3.8) is 0 Å². The number of nitrogens with zero attached hydrogens (tertiary/aromatic N) is 1. The van der Waals surface area contributed by atoms with Gasteiger partial charge in [-0.25, -0.2) is 17.5 Å². The smallest absolute Gasteiger partial charge is 0.226 e. The Bertz CT molecular complexity index is 625. The molecule has 1 amide bonds. The fourth-order valence-electron chi connectivity index (χ4n) is 2.52. The summed E-state index contributed by atoms with van der Waals surface area (Å²) >= 11 is 0. The van der Waals surface area contributed by atoms with E-state index in [9.17, 15) is 17.6 Å². The molecule has 1 saturated heterocycles. The summed E-state index contributed by atoms with van der Waals surface area (Å²) in [6.45, 7) is 2.64. The van der Waals surface area contributed by atoms with Crippen LogP contribution >= 0.6 is 0 Å². The molecule has 0 aliphatic carbocycles. The molecule has 0 radical (unpaired) electrons. The van der Waals surface area contributed by atoms with Gasteiger partial charge in [0.1, 0.15) is 5.82 Å². The highest BCUT2D eigenvalue weighted by Crippen LogP contribution is 2.14. The lowest BCUT2D eigenvalue weighted by Crippen LogP contribution is -2.47. The van der Waals surface area contributed by atoms with Gasteiger partial charge in [0.25, 0.3) is 0 Å². The van der Waals surface area contributed by atoms with Crippen molar-refractivity contribution in [3.05, 3.63) is 35.6 Å². The highest BCUT2D eigenvalue weighted by Gasteiger charge is 2.25. The van der Waals surface area contributed by atoms with Gasteiger partial charge in [-0.1, -0.05) is 12.1 Å².